The SMILES string of the molecule is CCN(C[C@@H](O)C(F)(F)F)C(=O)OCC1c2ccccc2-c2ccccc21. The van der Waals surface area contributed by atoms with Crippen molar-refractivity contribution in [2.45, 2.75) is 25.1 Å². The van der Waals surface area contributed by atoms with Crippen molar-refractivity contribution in [3.05, 3.63) is 59.7 Å². The van der Waals surface area contributed by atoms with E-state index in [0.717, 1.165) is 27.2 Å². The summed E-state index contributed by atoms with van der Waals surface area (Å²) in [7, 11) is 0. The molecule has 0 heterocycles. The third-order valence-electron chi connectivity index (χ3n) is 4.75. The topological polar surface area (TPSA) is 49.8 Å². The van der Waals surface area contributed by atoms with Crippen LogP contribution in [0, 0.1) is 0 Å². The average molecular weight is 379 g/mol. The van der Waals surface area contributed by atoms with Crippen LogP contribution in [0.5, 0.6) is 0 Å². The van der Waals surface area contributed by atoms with Crippen molar-refractivity contribution >= 4 is 6.09 Å². The van der Waals surface area contributed by atoms with Gasteiger partial charge in [0.2, 0.25) is 0 Å². The highest BCUT2D eigenvalue weighted by atomic mass is 19.4. The predicted molar refractivity (Wildman–Crippen MR) is 94.4 cm³/mol. The lowest BCUT2D eigenvalue weighted by Crippen LogP contribution is -2.44. The van der Waals surface area contributed by atoms with Crippen LogP contribution >= 0.6 is 0 Å². The Balaban J connectivity index is 1.72. The summed E-state index contributed by atoms with van der Waals surface area (Å²) in [5.41, 5.74) is 4.16. The highest BCUT2D eigenvalue weighted by Gasteiger charge is 2.40. The summed E-state index contributed by atoms with van der Waals surface area (Å²) in [6, 6.07) is 15.6. The van der Waals surface area contributed by atoms with Crippen LogP contribution in [0.1, 0.15) is 24.0 Å². The summed E-state index contributed by atoms with van der Waals surface area (Å²) in [6.45, 7) is 0.705. The Kier molecular flexibility index (Phi) is 5.41. The van der Waals surface area contributed by atoms with Crippen LogP contribution in [0.25, 0.3) is 11.1 Å². The minimum Gasteiger partial charge on any atom is -0.448 e. The smallest absolute Gasteiger partial charge is 0.416 e. The summed E-state index contributed by atoms with van der Waals surface area (Å²) in [6.07, 6.45) is -8.25. The molecule has 0 aromatic heterocycles. The fourth-order valence-electron chi connectivity index (χ4n) is 3.33. The number of aliphatic hydroxyl groups is 1. The fraction of sp³-hybridized carbons (Fsp3) is 0.350. The maximum absolute atomic E-state index is 12.5. The van der Waals surface area contributed by atoms with E-state index in [9.17, 15) is 23.1 Å². The molecule has 0 bridgehead atoms. The van der Waals surface area contributed by atoms with Gasteiger partial charge < -0.3 is 14.7 Å². The van der Waals surface area contributed by atoms with E-state index in [4.69, 9.17) is 4.74 Å². The van der Waals surface area contributed by atoms with Crippen molar-refractivity contribution < 1.29 is 27.8 Å². The van der Waals surface area contributed by atoms with Crippen molar-refractivity contribution in [1.82, 2.24) is 4.90 Å². The van der Waals surface area contributed by atoms with Gasteiger partial charge >= 0.3 is 12.3 Å². The molecule has 2 aromatic rings. The molecule has 0 radical (unpaired) electrons. The standard InChI is InChI=1S/C20H20F3NO3/c1-2-24(11-18(25)20(21,22)23)19(26)27-12-17-15-9-5-3-7-13(15)14-8-4-6-10-16(14)17/h3-10,17-18,25H,2,11-12H2,1H3/t18-/m1/s1. The van der Waals surface area contributed by atoms with Gasteiger partial charge in [0.1, 0.15) is 6.61 Å². The lowest BCUT2D eigenvalue weighted by Gasteiger charge is -2.25. The fourth-order valence-corrected chi connectivity index (χ4v) is 3.33. The largest absolute Gasteiger partial charge is 0.448 e. The van der Waals surface area contributed by atoms with Crippen LogP contribution < -0.4 is 0 Å². The number of halogens is 3. The monoisotopic (exact) mass is 379 g/mol. The number of hydrogen-bond donors (Lipinski definition) is 1. The molecule has 4 nitrogen and oxygen atoms in total. The Bertz CT molecular complexity index is 777. The molecule has 0 saturated heterocycles. The van der Waals surface area contributed by atoms with Crippen molar-refractivity contribution in [2.24, 2.45) is 0 Å². The number of carbonyl (C=O) groups excluding carboxylic acids is 1. The molecule has 144 valence electrons. The Morgan fingerprint density at radius 1 is 1.11 bits per heavy atom. The summed E-state index contributed by atoms with van der Waals surface area (Å²) in [4.78, 5) is 13.1. The van der Waals surface area contributed by atoms with Gasteiger partial charge in [-0.25, -0.2) is 4.79 Å². The number of hydrogen-bond acceptors (Lipinski definition) is 3. The summed E-state index contributed by atoms with van der Waals surface area (Å²) < 4.78 is 42.9. The zero-order chi connectivity index (χ0) is 19.6. The maximum Gasteiger partial charge on any atom is 0.416 e. The van der Waals surface area contributed by atoms with Crippen LogP contribution in [0.15, 0.2) is 48.5 Å². The molecule has 2 aromatic carbocycles. The maximum atomic E-state index is 12.5. The summed E-state index contributed by atoms with van der Waals surface area (Å²) in [5, 5.41) is 9.20. The van der Waals surface area contributed by atoms with E-state index >= 15 is 0 Å². The molecule has 0 unspecified atom stereocenters. The molecule has 0 aliphatic heterocycles. The first kappa shape index (κ1) is 19.2. The second-order valence-corrected chi connectivity index (χ2v) is 6.40. The van der Waals surface area contributed by atoms with E-state index in [-0.39, 0.29) is 19.1 Å². The Morgan fingerprint density at radius 2 is 1.63 bits per heavy atom. The third-order valence-corrected chi connectivity index (χ3v) is 4.75. The lowest BCUT2D eigenvalue weighted by molar-refractivity contribution is -0.206. The average Bonchev–Trinajstić information content (AvgIpc) is 2.97. The van der Waals surface area contributed by atoms with Gasteiger partial charge in [0.15, 0.2) is 6.10 Å². The number of alkyl halides is 3. The van der Waals surface area contributed by atoms with E-state index in [1.165, 1.54) is 6.92 Å². The molecule has 1 aliphatic rings. The molecule has 1 atom stereocenters. The van der Waals surface area contributed by atoms with Crippen molar-refractivity contribution in [2.75, 3.05) is 19.7 Å². The normalized spacial score (nSPS) is 14.4. The first-order valence-electron chi connectivity index (χ1n) is 8.67. The van der Waals surface area contributed by atoms with Gasteiger partial charge in [-0.05, 0) is 29.2 Å². The zero-order valence-corrected chi connectivity index (χ0v) is 14.7. The van der Waals surface area contributed by atoms with Gasteiger partial charge in [-0.3, -0.25) is 0 Å². The Morgan fingerprint density at radius 3 is 2.11 bits per heavy atom. The molecule has 1 N–H and O–H groups in total. The molecule has 0 saturated carbocycles. The molecular formula is C20H20F3NO3. The summed E-state index contributed by atoms with van der Waals surface area (Å²) in [5.74, 6) is -0.174. The first-order chi connectivity index (χ1) is 12.8. The number of likely N-dealkylation sites (N-methyl/N-ethyl adjacent to an activating group) is 1. The second-order valence-electron chi connectivity index (χ2n) is 6.40. The number of amides is 1. The van der Waals surface area contributed by atoms with Crippen molar-refractivity contribution in [3.8, 4) is 11.1 Å². The van der Waals surface area contributed by atoms with E-state index in [0.29, 0.717) is 0 Å². The van der Waals surface area contributed by atoms with Crippen molar-refractivity contribution in [1.29, 1.82) is 0 Å². The third kappa shape index (κ3) is 3.93. The quantitative estimate of drug-likeness (QED) is 0.848. The highest BCUT2D eigenvalue weighted by Crippen LogP contribution is 2.44. The number of rotatable bonds is 5. The van der Waals surface area contributed by atoms with Gasteiger partial charge in [0, 0.05) is 12.5 Å². The molecular weight excluding hydrogens is 359 g/mol. The van der Waals surface area contributed by atoms with Crippen molar-refractivity contribution in [3.63, 3.8) is 0 Å². The summed E-state index contributed by atoms with van der Waals surface area (Å²) >= 11 is 0. The predicted octanol–water partition coefficient (Wildman–Crippen LogP) is 4.18. The van der Waals surface area contributed by atoms with Crippen LogP contribution in [0.3, 0.4) is 0 Å². The molecule has 7 heteroatoms. The molecule has 0 fully saturated rings. The number of benzene rings is 2. The minimum absolute atomic E-state index is 0.00378. The lowest BCUT2D eigenvalue weighted by atomic mass is 9.98. The van der Waals surface area contributed by atoms with Crippen LogP contribution in [-0.4, -0.2) is 48.1 Å². The van der Waals surface area contributed by atoms with E-state index < -0.39 is 24.9 Å². The number of fused-ring (bicyclic) bond motifs is 3. The van der Waals surface area contributed by atoms with Gasteiger partial charge in [-0.15, -0.1) is 0 Å². The molecule has 1 aliphatic carbocycles. The van der Waals surface area contributed by atoms with E-state index in [1.807, 2.05) is 48.5 Å². The van der Waals surface area contributed by atoms with Gasteiger partial charge in [0.25, 0.3) is 0 Å². The highest BCUT2D eigenvalue weighted by molar-refractivity contribution is 5.79. The van der Waals surface area contributed by atoms with Gasteiger partial charge in [0.05, 0.1) is 6.54 Å². The number of ether oxygens (including phenoxy) is 1. The molecule has 3 rings (SSSR count). The van der Waals surface area contributed by atoms with Crippen LogP contribution in [-0.2, 0) is 4.74 Å². The minimum atomic E-state index is -4.78. The van der Waals surface area contributed by atoms with Crippen LogP contribution in [0.2, 0.25) is 0 Å². The molecule has 27 heavy (non-hydrogen) atoms. The van der Waals surface area contributed by atoms with E-state index in [1.54, 1.807) is 0 Å². The van der Waals surface area contributed by atoms with Gasteiger partial charge in [-0.2, -0.15) is 13.2 Å². The van der Waals surface area contributed by atoms with E-state index in [2.05, 4.69) is 0 Å². The van der Waals surface area contributed by atoms with Crippen LogP contribution in [0.4, 0.5) is 18.0 Å². The number of carbonyl (C=O) groups is 1. The first-order valence-corrected chi connectivity index (χ1v) is 8.67. The Labute approximate surface area is 155 Å². The number of aliphatic hydroxyl groups excluding tert-OH is 1. The number of nitrogens with zero attached hydrogens (tertiary/aromatic N) is 1. The second kappa shape index (κ2) is 7.60. The molecule has 1 amide bonds. The van der Waals surface area contributed by atoms with Gasteiger partial charge in [-0.1, -0.05) is 48.5 Å². The molecule has 0 spiro atoms. The Hall–Kier alpha value is -2.54. The zero-order valence-electron chi connectivity index (χ0n) is 14.7.